The number of rotatable bonds is 4. The average Bonchev–Trinajstić information content (AvgIpc) is 2.47. The molecule has 0 heterocycles. The van der Waals surface area contributed by atoms with Gasteiger partial charge in [-0.25, -0.2) is 13.6 Å². The van der Waals surface area contributed by atoms with Crippen molar-refractivity contribution in [2.24, 2.45) is 0 Å². The SMILES string of the molecule is Nc1cccc(F)c1C(=O)ONNC(=O)c1ccccc1F. The average molecular weight is 307 g/mol. The van der Waals surface area contributed by atoms with Crippen molar-refractivity contribution in [3.63, 3.8) is 0 Å². The molecule has 0 aliphatic carbocycles. The fraction of sp³-hybridized carbons (Fsp3) is 0. The molecule has 0 radical (unpaired) electrons. The molecule has 2 aromatic carbocycles. The zero-order chi connectivity index (χ0) is 16.1. The Labute approximate surface area is 123 Å². The molecule has 8 heteroatoms. The number of amides is 1. The van der Waals surface area contributed by atoms with Gasteiger partial charge in [0.05, 0.1) is 5.56 Å². The van der Waals surface area contributed by atoms with Gasteiger partial charge in [-0.15, -0.1) is 0 Å². The molecule has 2 aromatic rings. The molecule has 22 heavy (non-hydrogen) atoms. The first-order chi connectivity index (χ1) is 10.5. The standard InChI is InChI=1S/C14H11F2N3O3/c15-9-5-2-1-4-8(9)13(20)18-19-22-14(21)12-10(16)6-3-7-11(12)17/h1-7,19H,17H2,(H,18,20). The highest BCUT2D eigenvalue weighted by Gasteiger charge is 2.17. The minimum Gasteiger partial charge on any atom is -0.398 e. The Hall–Kier alpha value is -3.00. The molecule has 1 amide bonds. The van der Waals surface area contributed by atoms with Crippen LogP contribution in [0.25, 0.3) is 0 Å². The minimum atomic E-state index is -1.13. The van der Waals surface area contributed by atoms with Crippen molar-refractivity contribution in [2.45, 2.75) is 0 Å². The Kier molecular flexibility index (Phi) is 4.64. The molecule has 2 rings (SSSR count). The lowest BCUT2D eigenvalue weighted by Crippen LogP contribution is -2.39. The third kappa shape index (κ3) is 3.36. The van der Waals surface area contributed by atoms with Crippen LogP contribution >= 0.6 is 0 Å². The normalized spacial score (nSPS) is 10.1. The van der Waals surface area contributed by atoms with E-state index in [1.165, 1.54) is 30.3 Å². The highest BCUT2D eigenvalue weighted by molar-refractivity contribution is 5.96. The zero-order valence-corrected chi connectivity index (χ0v) is 11.1. The van der Waals surface area contributed by atoms with Crippen molar-refractivity contribution in [1.29, 1.82) is 0 Å². The first-order valence-corrected chi connectivity index (χ1v) is 6.05. The molecule has 0 fully saturated rings. The van der Waals surface area contributed by atoms with E-state index < -0.39 is 29.1 Å². The number of anilines is 1. The Morgan fingerprint density at radius 2 is 1.68 bits per heavy atom. The van der Waals surface area contributed by atoms with Gasteiger partial charge in [0, 0.05) is 5.69 Å². The number of hydrazine groups is 1. The lowest BCUT2D eigenvalue weighted by molar-refractivity contribution is 0.0134. The van der Waals surface area contributed by atoms with Crippen LogP contribution in [0.15, 0.2) is 42.5 Å². The molecule has 0 aliphatic heterocycles. The molecule has 0 unspecified atom stereocenters. The summed E-state index contributed by atoms with van der Waals surface area (Å²) in [5, 5.41) is 0. The summed E-state index contributed by atoms with van der Waals surface area (Å²) >= 11 is 0. The van der Waals surface area contributed by atoms with Crippen LogP contribution in [-0.2, 0) is 4.84 Å². The Bertz CT molecular complexity index is 702. The fourth-order valence-corrected chi connectivity index (χ4v) is 1.64. The molecule has 0 aliphatic rings. The van der Waals surface area contributed by atoms with E-state index in [1.54, 1.807) is 0 Å². The number of hydrogen-bond acceptors (Lipinski definition) is 5. The van der Waals surface area contributed by atoms with E-state index in [0.717, 1.165) is 12.1 Å². The molecule has 114 valence electrons. The second kappa shape index (κ2) is 6.64. The molecule has 0 aromatic heterocycles. The highest BCUT2D eigenvalue weighted by atomic mass is 19.1. The van der Waals surface area contributed by atoms with Crippen LogP contribution in [0.3, 0.4) is 0 Å². The van der Waals surface area contributed by atoms with Crippen LogP contribution in [0.1, 0.15) is 20.7 Å². The first kappa shape index (κ1) is 15.4. The van der Waals surface area contributed by atoms with E-state index >= 15 is 0 Å². The maximum absolute atomic E-state index is 13.5. The number of nitrogen functional groups attached to an aromatic ring is 1. The van der Waals surface area contributed by atoms with E-state index in [-0.39, 0.29) is 11.3 Å². The summed E-state index contributed by atoms with van der Waals surface area (Å²) in [6.07, 6.45) is 0. The molecule has 0 atom stereocenters. The minimum absolute atomic E-state index is 0.118. The van der Waals surface area contributed by atoms with Gasteiger partial charge in [0.25, 0.3) is 5.91 Å². The van der Waals surface area contributed by atoms with Crippen molar-refractivity contribution < 1.29 is 23.2 Å². The second-order valence-corrected chi connectivity index (χ2v) is 4.13. The summed E-state index contributed by atoms with van der Waals surface area (Å²) in [7, 11) is 0. The lowest BCUT2D eigenvalue weighted by atomic mass is 10.2. The van der Waals surface area contributed by atoms with Crippen molar-refractivity contribution in [3.8, 4) is 0 Å². The van der Waals surface area contributed by atoms with Gasteiger partial charge in [0.1, 0.15) is 17.2 Å². The van der Waals surface area contributed by atoms with Crippen LogP contribution in [-0.4, -0.2) is 11.9 Å². The van der Waals surface area contributed by atoms with Gasteiger partial charge in [-0.1, -0.05) is 23.8 Å². The first-order valence-electron chi connectivity index (χ1n) is 6.05. The largest absolute Gasteiger partial charge is 0.398 e. The van der Waals surface area contributed by atoms with Crippen LogP contribution in [0.4, 0.5) is 14.5 Å². The molecule has 0 saturated carbocycles. The summed E-state index contributed by atoms with van der Waals surface area (Å²) in [5.74, 6) is -3.62. The number of carbonyl (C=O) groups excluding carboxylic acids is 2. The fourth-order valence-electron chi connectivity index (χ4n) is 1.64. The Morgan fingerprint density at radius 3 is 2.36 bits per heavy atom. The number of nitrogens with one attached hydrogen (secondary N) is 2. The van der Waals surface area contributed by atoms with E-state index in [2.05, 4.69) is 4.84 Å². The second-order valence-electron chi connectivity index (χ2n) is 4.13. The topological polar surface area (TPSA) is 93.5 Å². The van der Waals surface area contributed by atoms with Gasteiger partial charge in [0.15, 0.2) is 0 Å². The summed E-state index contributed by atoms with van der Waals surface area (Å²) in [4.78, 5) is 27.7. The van der Waals surface area contributed by atoms with Crippen LogP contribution in [0.5, 0.6) is 0 Å². The number of nitrogens with two attached hydrogens (primary N) is 1. The van der Waals surface area contributed by atoms with Gasteiger partial charge >= 0.3 is 5.97 Å². The molecule has 6 nitrogen and oxygen atoms in total. The number of carbonyl (C=O) groups is 2. The number of benzene rings is 2. The van der Waals surface area contributed by atoms with Gasteiger partial charge in [-0.2, -0.15) is 0 Å². The predicted molar refractivity (Wildman–Crippen MR) is 73.2 cm³/mol. The molecule has 0 bridgehead atoms. The molecular formula is C14H11F2N3O3. The summed E-state index contributed by atoms with van der Waals surface area (Å²) in [6, 6.07) is 8.89. The maximum Gasteiger partial charge on any atom is 0.363 e. The summed E-state index contributed by atoms with van der Waals surface area (Å²) < 4.78 is 26.8. The van der Waals surface area contributed by atoms with E-state index in [4.69, 9.17) is 5.73 Å². The van der Waals surface area contributed by atoms with Crippen LogP contribution < -0.4 is 16.7 Å². The quantitative estimate of drug-likeness (QED) is 0.588. The maximum atomic E-state index is 13.5. The van der Waals surface area contributed by atoms with E-state index in [1.807, 2.05) is 11.0 Å². The van der Waals surface area contributed by atoms with Crippen LogP contribution in [0, 0.1) is 11.6 Å². The highest BCUT2D eigenvalue weighted by Crippen LogP contribution is 2.16. The molecule has 0 saturated heterocycles. The summed E-state index contributed by atoms with van der Waals surface area (Å²) in [5.41, 5.74) is 8.38. The third-order valence-electron chi connectivity index (χ3n) is 2.68. The van der Waals surface area contributed by atoms with Gasteiger partial charge in [-0.3, -0.25) is 10.2 Å². The number of halogens is 2. The van der Waals surface area contributed by atoms with Gasteiger partial charge < -0.3 is 10.6 Å². The Balaban J connectivity index is 1.95. The van der Waals surface area contributed by atoms with Crippen molar-refractivity contribution in [2.75, 3.05) is 5.73 Å². The number of hydrogen-bond donors (Lipinski definition) is 3. The summed E-state index contributed by atoms with van der Waals surface area (Å²) in [6.45, 7) is 0. The van der Waals surface area contributed by atoms with Crippen molar-refractivity contribution >= 4 is 17.6 Å². The van der Waals surface area contributed by atoms with Crippen molar-refractivity contribution in [3.05, 3.63) is 65.2 Å². The predicted octanol–water partition coefficient (Wildman–Crippen LogP) is 1.55. The molecule has 0 spiro atoms. The smallest absolute Gasteiger partial charge is 0.363 e. The van der Waals surface area contributed by atoms with E-state index in [0.29, 0.717) is 0 Å². The van der Waals surface area contributed by atoms with Gasteiger partial charge in [0.2, 0.25) is 0 Å². The third-order valence-corrected chi connectivity index (χ3v) is 2.68. The zero-order valence-electron chi connectivity index (χ0n) is 11.1. The monoisotopic (exact) mass is 307 g/mol. The lowest BCUT2D eigenvalue weighted by Gasteiger charge is -2.09. The van der Waals surface area contributed by atoms with Gasteiger partial charge in [-0.05, 0) is 24.3 Å². The van der Waals surface area contributed by atoms with E-state index in [9.17, 15) is 18.4 Å². The molecular weight excluding hydrogens is 296 g/mol. The molecule has 4 N–H and O–H groups in total. The Morgan fingerprint density at radius 1 is 1.00 bits per heavy atom. The van der Waals surface area contributed by atoms with Crippen LogP contribution in [0.2, 0.25) is 0 Å². The van der Waals surface area contributed by atoms with Crippen molar-refractivity contribution in [1.82, 2.24) is 11.0 Å².